The van der Waals surface area contributed by atoms with Crippen LogP contribution in [0.1, 0.15) is 34.6 Å². The number of carbonyl (C=O) groups excluding carboxylic acids is 2. The third-order valence-corrected chi connectivity index (χ3v) is 4.52. The number of hydrogen-bond donors (Lipinski definition) is 2. The monoisotopic (exact) mass is 402 g/mol. The smallest absolute Gasteiger partial charge is 0.338 e. The zero-order valence-corrected chi connectivity index (χ0v) is 15.7. The highest BCUT2D eigenvalue weighted by Gasteiger charge is 2.32. The lowest BCUT2D eigenvalue weighted by molar-refractivity contribution is -0.136. The number of pyridine rings is 1. The van der Waals surface area contributed by atoms with Crippen LogP contribution in [-0.2, 0) is 9.53 Å². The first-order valence-corrected chi connectivity index (χ1v) is 8.54. The second-order valence-corrected chi connectivity index (χ2v) is 6.40. The summed E-state index contributed by atoms with van der Waals surface area (Å²) in [5.74, 6) is -1.34. The second-order valence-electron chi connectivity index (χ2n) is 6.00. The number of allylic oxidation sites excluding steroid dienone is 1. The normalized spacial score (nSPS) is 16.3. The fourth-order valence-electron chi connectivity index (χ4n) is 2.81. The maximum atomic E-state index is 13.5. The molecule has 2 heterocycles. The quantitative estimate of drug-likeness (QED) is 0.764. The van der Waals surface area contributed by atoms with E-state index in [0.717, 1.165) is 6.07 Å². The molecule has 0 saturated carbocycles. The van der Waals surface area contributed by atoms with E-state index in [2.05, 4.69) is 15.3 Å². The molecule has 0 spiro atoms. The first-order valence-electron chi connectivity index (χ1n) is 8.17. The first kappa shape index (κ1) is 19.5. The molecule has 1 aliphatic heterocycles. The van der Waals surface area contributed by atoms with Gasteiger partial charge in [0.25, 0.3) is 0 Å². The Kier molecular flexibility index (Phi) is 5.41. The zero-order chi connectivity index (χ0) is 20.4. The Bertz CT molecular complexity index is 1020. The Morgan fingerprint density at radius 3 is 2.61 bits per heavy atom. The molecule has 1 atom stereocenters. The van der Waals surface area contributed by atoms with Crippen LogP contribution in [0.15, 0.2) is 52.8 Å². The molecule has 3 rings (SSSR count). The molecule has 0 radical (unpaired) electrons. The molecular formula is C19H16ClFN4O3. The topological polar surface area (TPSA) is 107 Å². The fraction of sp³-hybridized carbons (Fsp3) is 0.158. The number of methoxy groups -OCH3 is 1. The van der Waals surface area contributed by atoms with Crippen LogP contribution in [-0.4, -0.2) is 29.8 Å². The lowest BCUT2D eigenvalue weighted by Gasteiger charge is -2.26. The van der Waals surface area contributed by atoms with E-state index >= 15 is 0 Å². The van der Waals surface area contributed by atoms with Gasteiger partial charge in [0.15, 0.2) is 5.84 Å². The molecular weight excluding hydrogens is 387 g/mol. The number of aromatic nitrogens is 1. The number of primary amides is 1. The Balaban J connectivity index is 2.10. The van der Waals surface area contributed by atoms with Crippen molar-refractivity contribution in [3.8, 4) is 0 Å². The highest BCUT2D eigenvalue weighted by Crippen LogP contribution is 2.36. The number of nitrogens with two attached hydrogens (primary N) is 1. The van der Waals surface area contributed by atoms with Gasteiger partial charge in [0, 0.05) is 22.5 Å². The number of aliphatic imine (C=N–C) groups is 1. The van der Waals surface area contributed by atoms with E-state index in [1.807, 2.05) is 0 Å². The Morgan fingerprint density at radius 2 is 2.04 bits per heavy atom. The Hall–Kier alpha value is -3.26. The molecule has 28 heavy (non-hydrogen) atoms. The van der Waals surface area contributed by atoms with Crippen molar-refractivity contribution in [2.75, 3.05) is 7.11 Å². The van der Waals surface area contributed by atoms with Crippen LogP contribution >= 0.6 is 11.6 Å². The van der Waals surface area contributed by atoms with Crippen molar-refractivity contribution in [2.24, 2.45) is 10.7 Å². The number of halogens is 2. The number of benzene rings is 1. The lowest BCUT2D eigenvalue weighted by Crippen LogP contribution is -2.33. The molecule has 1 aliphatic rings. The fourth-order valence-corrected chi connectivity index (χ4v) is 3.08. The van der Waals surface area contributed by atoms with Gasteiger partial charge in [-0.25, -0.2) is 9.18 Å². The number of carbonyl (C=O) groups is 2. The summed E-state index contributed by atoms with van der Waals surface area (Å²) in [4.78, 5) is 32.3. The summed E-state index contributed by atoms with van der Waals surface area (Å²) in [7, 11) is 1.26. The predicted octanol–water partition coefficient (Wildman–Crippen LogP) is 2.51. The van der Waals surface area contributed by atoms with Crippen LogP contribution in [0.3, 0.4) is 0 Å². The van der Waals surface area contributed by atoms with E-state index in [1.165, 1.54) is 31.5 Å². The minimum atomic E-state index is -0.825. The van der Waals surface area contributed by atoms with Gasteiger partial charge in [-0.3, -0.25) is 14.8 Å². The summed E-state index contributed by atoms with van der Waals surface area (Å²) in [6.07, 6.45) is 1.33. The molecule has 1 unspecified atom stereocenters. The number of hydrogen-bond acceptors (Lipinski definition) is 6. The van der Waals surface area contributed by atoms with Gasteiger partial charge < -0.3 is 15.8 Å². The number of nitrogens with zero attached hydrogens (tertiary/aromatic N) is 2. The molecule has 1 amide bonds. The summed E-state index contributed by atoms with van der Waals surface area (Å²) in [6, 6.07) is 6.12. The van der Waals surface area contributed by atoms with Gasteiger partial charge in [0.1, 0.15) is 17.6 Å². The molecule has 2 aromatic rings. The van der Waals surface area contributed by atoms with Crippen molar-refractivity contribution >= 4 is 29.3 Å². The number of amides is 1. The number of ether oxygens (including phenoxy) is 1. The molecule has 7 nitrogen and oxygen atoms in total. The van der Waals surface area contributed by atoms with Crippen molar-refractivity contribution < 1.29 is 18.7 Å². The minimum absolute atomic E-state index is 0.126. The van der Waals surface area contributed by atoms with Crippen LogP contribution in [0.4, 0.5) is 4.39 Å². The van der Waals surface area contributed by atoms with Gasteiger partial charge in [0.05, 0.1) is 18.2 Å². The van der Waals surface area contributed by atoms with Crippen LogP contribution < -0.4 is 11.1 Å². The number of amidine groups is 1. The molecule has 1 aromatic heterocycles. The third kappa shape index (κ3) is 3.72. The molecule has 9 heteroatoms. The van der Waals surface area contributed by atoms with Gasteiger partial charge in [-0.15, -0.1) is 0 Å². The highest BCUT2D eigenvalue weighted by atomic mass is 35.5. The van der Waals surface area contributed by atoms with E-state index in [4.69, 9.17) is 22.1 Å². The second kappa shape index (κ2) is 7.77. The highest BCUT2D eigenvalue weighted by molar-refractivity contribution is 6.31. The maximum absolute atomic E-state index is 13.5. The van der Waals surface area contributed by atoms with E-state index in [0.29, 0.717) is 22.8 Å². The SMILES string of the molecule is COC(=O)C1=C(C)NC(c2ccc(C(N)=O)cn2)=NC1c1ccc(F)cc1Cl. The summed E-state index contributed by atoms with van der Waals surface area (Å²) in [5, 5.41) is 3.14. The van der Waals surface area contributed by atoms with E-state index in [-0.39, 0.29) is 16.2 Å². The Morgan fingerprint density at radius 1 is 1.29 bits per heavy atom. The molecule has 0 fully saturated rings. The largest absolute Gasteiger partial charge is 0.466 e. The van der Waals surface area contributed by atoms with Crippen LogP contribution in [0.25, 0.3) is 0 Å². The molecule has 1 aromatic carbocycles. The average Bonchev–Trinajstić information content (AvgIpc) is 2.67. The summed E-state index contributed by atoms with van der Waals surface area (Å²) in [6.45, 7) is 1.68. The zero-order valence-electron chi connectivity index (χ0n) is 15.0. The van der Waals surface area contributed by atoms with E-state index in [9.17, 15) is 14.0 Å². The summed E-state index contributed by atoms with van der Waals surface area (Å²) in [5.41, 5.74) is 7.08. The molecule has 144 valence electrons. The molecule has 0 bridgehead atoms. The molecule has 3 N–H and O–H groups in total. The van der Waals surface area contributed by atoms with Gasteiger partial charge in [-0.05, 0) is 31.2 Å². The maximum Gasteiger partial charge on any atom is 0.338 e. The predicted molar refractivity (Wildman–Crippen MR) is 101 cm³/mol. The van der Waals surface area contributed by atoms with Crippen LogP contribution in [0.5, 0.6) is 0 Å². The van der Waals surface area contributed by atoms with Crippen LogP contribution in [0.2, 0.25) is 5.02 Å². The average molecular weight is 403 g/mol. The van der Waals surface area contributed by atoms with Crippen molar-refractivity contribution in [3.63, 3.8) is 0 Å². The van der Waals surface area contributed by atoms with Gasteiger partial charge >= 0.3 is 5.97 Å². The summed E-state index contributed by atoms with van der Waals surface area (Å²) >= 11 is 6.20. The third-order valence-electron chi connectivity index (χ3n) is 4.19. The van der Waals surface area contributed by atoms with Crippen molar-refractivity contribution in [1.82, 2.24) is 10.3 Å². The first-order chi connectivity index (χ1) is 13.3. The van der Waals surface area contributed by atoms with Crippen molar-refractivity contribution in [2.45, 2.75) is 13.0 Å². The van der Waals surface area contributed by atoms with Crippen LogP contribution in [0, 0.1) is 5.82 Å². The Labute approximate surface area is 165 Å². The standard InChI is InChI=1S/C19H16ClFN4O3/c1-9-15(19(27)28-2)16(12-5-4-11(21)7-13(12)20)25-18(24-9)14-6-3-10(8-23-14)17(22)26/h3-8,16H,1-2H3,(H2,22,26)(H,24,25). The number of esters is 1. The van der Waals surface area contributed by atoms with Gasteiger partial charge in [0.2, 0.25) is 5.91 Å². The van der Waals surface area contributed by atoms with E-state index in [1.54, 1.807) is 13.0 Å². The van der Waals surface area contributed by atoms with Crippen molar-refractivity contribution in [3.05, 3.63) is 75.5 Å². The lowest BCUT2D eigenvalue weighted by atomic mass is 9.95. The molecule has 0 saturated heterocycles. The van der Waals surface area contributed by atoms with E-state index < -0.39 is 23.7 Å². The van der Waals surface area contributed by atoms with Gasteiger partial charge in [-0.1, -0.05) is 17.7 Å². The van der Waals surface area contributed by atoms with Gasteiger partial charge in [-0.2, -0.15) is 0 Å². The molecule has 0 aliphatic carbocycles. The number of rotatable bonds is 4. The van der Waals surface area contributed by atoms with Crippen molar-refractivity contribution in [1.29, 1.82) is 0 Å². The summed E-state index contributed by atoms with van der Waals surface area (Å²) < 4.78 is 18.3. The number of nitrogens with one attached hydrogen (secondary N) is 1. The minimum Gasteiger partial charge on any atom is -0.466 e.